The van der Waals surface area contributed by atoms with Crippen molar-refractivity contribution in [3.8, 4) is 0 Å². The second-order valence-corrected chi connectivity index (χ2v) is 6.05. The van der Waals surface area contributed by atoms with Gasteiger partial charge in [0.05, 0.1) is 0 Å². The minimum absolute atomic E-state index is 0.478. The fraction of sp³-hybridized carbons (Fsp3) is 0.353. The Morgan fingerprint density at radius 3 is 2.80 bits per heavy atom. The molecule has 0 radical (unpaired) electrons. The van der Waals surface area contributed by atoms with Gasteiger partial charge in [0.1, 0.15) is 0 Å². The van der Waals surface area contributed by atoms with Crippen LogP contribution in [0.3, 0.4) is 0 Å². The molecule has 1 aromatic heterocycles. The predicted octanol–water partition coefficient (Wildman–Crippen LogP) is 4.09. The Kier molecular flexibility index (Phi) is 5.74. The first kappa shape index (κ1) is 15.2. The smallest absolute Gasteiger partial charge is 0.0410 e. The monoisotopic (exact) mass is 332 g/mol. The standard InChI is InChI=1S/C17H21BrN2/c1-3-19-11-16(15-6-4-5-13(2)7-15)8-14-9-17(18)12-20-10-14/h4-7,9-10,12,16,19H,3,8,11H2,1-2H3. The average Bonchev–Trinajstić information content (AvgIpc) is 2.43. The molecule has 0 saturated heterocycles. The second kappa shape index (κ2) is 7.55. The molecular weight excluding hydrogens is 312 g/mol. The third-order valence-corrected chi connectivity index (χ3v) is 3.83. The van der Waals surface area contributed by atoms with Crippen molar-refractivity contribution in [2.45, 2.75) is 26.2 Å². The van der Waals surface area contributed by atoms with Gasteiger partial charge in [0.2, 0.25) is 0 Å². The lowest BCUT2D eigenvalue weighted by molar-refractivity contribution is 0.594. The lowest BCUT2D eigenvalue weighted by atomic mass is 9.91. The SMILES string of the molecule is CCNCC(Cc1cncc(Br)c1)c1cccc(C)c1. The first-order valence-corrected chi connectivity index (χ1v) is 7.85. The Morgan fingerprint density at radius 1 is 1.25 bits per heavy atom. The van der Waals surface area contributed by atoms with Crippen LogP contribution in [0.1, 0.15) is 29.5 Å². The maximum Gasteiger partial charge on any atom is 0.0410 e. The molecule has 3 heteroatoms. The van der Waals surface area contributed by atoms with Crippen LogP contribution in [0.4, 0.5) is 0 Å². The molecular formula is C17H21BrN2. The van der Waals surface area contributed by atoms with Crippen LogP contribution in [-0.2, 0) is 6.42 Å². The highest BCUT2D eigenvalue weighted by atomic mass is 79.9. The predicted molar refractivity (Wildman–Crippen MR) is 88.1 cm³/mol. The van der Waals surface area contributed by atoms with Crippen LogP contribution in [0.25, 0.3) is 0 Å². The molecule has 0 spiro atoms. The maximum atomic E-state index is 4.26. The molecule has 0 aliphatic rings. The number of benzene rings is 1. The molecule has 106 valence electrons. The highest BCUT2D eigenvalue weighted by molar-refractivity contribution is 9.10. The normalized spacial score (nSPS) is 12.3. The van der Waals surface area contributed by atoms with E-state index < -0.39 is 0 Å². The van der Waals surface area contributed by atoms with E-state index in [4.69, 9.17) is 0 Å². The van der Waals surface area contributed by atoms with Crippen LogP contribution in [-0.4, -0.2) is 18.1 Å². The number of pyridine rings is 1. The molecule has 20 heavy (non-hydrogen) atoms. The lowest BCUT2D eigenvalue weighted by Gasteiger charge is -2.18. The number of nitrogens with zero attached hydrogens (tertiary/aromatic N) is 1. The largest absolute Gasteiger partial charge is 0.316 e. The summed E-state index contributed by atoms with van der Waals surface area (Å²) in [6.07, 6.45) is 4.79. The highest BCUT2D eigenvalue weighted by Gasteiger charge is 2.12. The van der Waals surface area contributed by atoms with E-state index >= 15 is 0 Å². The zero-order valence-corrected chi connectivity index (χ0v) is 13.7. The van der Waals surface area contributed by atoms with Gasteiger partial charge in [-0.2, -0.15) is 0 Å². The number of hydrogen-bond acceptors (Lipinski definition) is 2. The molecule has 0 aliphatic heterocycles. The zero-order valence-electron chi connectivity index (χ0n) is 12.1. The summed E-state index contributed by atoms with van der Waals surface area (Å²) in [6.45, 7) is 6.29. The summed E-state index contributed by atoms with van der Waals surface area (Å²) in [5.74, 6) is 0.478. The van der Waals surface area contributed by atoms with Gasteiger partial charge >= 0.3 is 0 Å². The van der Waals surface area contributed by atoms with Crippen molar-refractivity contribution in [3.05, 3.63) is 63.9 Å². The molecule has 1 N–H and O–H groups in total. The molecule has 0 aliphatic carbocycles. The first-order chi connectivity index (χ1) is 9.69. The van der Waals surface area contributed by atoms with Gasteiger partial charge in [-0.05, 0) is 53.0 Å². The van der Waals surface area contributed by atoms with Gasteiger partial charge in [0, 0.05) is 29.3 Å². The third kappa shape index (κ3) is 4.43. The van der Waals surface area contributed by atoms with Gasteiger partial charge in [0.15, 0.2) is 0 Å². The molecule has 0 bridgehead atoms. The Hall–Kier alpha value is -1.19. The summed E-state index contributed by atoms with van der Waals surface area (Å²) >= 11 is 3.49. The molecule has 2 nitrogen and oxygen atoms in total. The van der Waals surface area contributed by atoms with Crippen molar-refractivity contribution >= 4 is 15.9 Å². The Labute approximate surface area is 129 Å². The van der Waals surface area contributed by atoms with Crippen LogP contribution in [0.5, 0.6) is 0 Å². The highest BCUT2D eigenvalue weighted by Crippen LogP contribution is 2.22. The molecule has 1 heterocycles. The van der Waals surface area contributed by atoms with Crippen LogP contribution >= 0.6 is 15.9 Å². The molecule has 0 fully saturated rings. The number of rotatable bonds is 6. The maximum absolute atomic E-state index is 4.26. The third-order valence-electron chi connectivity index (χ3n) is 3.40. The molecule has 0 saturated carbocycles. The molecule has 2 aromatic rings. The van der Waals surface area contributed by atoms with Gasteiger partial charge in [0.25, 0.3) is 0 Å². The molecule has 2 rings (SSSR count). The van der Waals surface area contributed by atoms with Gasteiger partial charge in [-0.1, -0.05) is 36.8 Å². The second-order valence-electron chi connectivity index (χ2n) is 5.13. The molecule has 1 atom stereocenters. The number of likely N-dealkylation sites (N-methyl/N-ethyl adjacent to an activating group) is 1. The first-order valence-electron chi connectivity index (χ1n) is 7.05. The zero-order chi connectivity index (χ0) is 14.4. The van der Waals surface area contributed by atoms with Crippen molar-refractivity contribution in [2.24, 2.45) is 0 Å². The van der Waals surface area contributed by atoms with Crippen LogP contribution < -0.4 is 5.32 Å². The fourth-order valence-corrected chi connectivity index (χ4v) is 2.81. The Balaban J connectivity index is 2.19. The number of aromatic nitrogens is 1. The van der Waals surface area contributed by atoms with Gasteiger partial charge < -0.3 is 5.32 Å². The molecule has 1 aromatic carbocycles. The average molecular weight is 333 g/mol. The van der Waals surface area contributed by atoms with E-state index in [1.165, 1.54) is 16.7 Å². The summed E-state index contributed by atoms with van der Waals surface area (Å²) < 4.78 is 1.04. The number of nitrogens with one attached hydrogen (secondary N) is 1. The molecule has 1 unspecified atom stereocenters. The van der Waals surface area contributed by atoms with E-state index in [0.717, 1.165) is 24.0 Å². The van der Waals surface area contributed by atoms with Crippen molar-refractivity contribution in [1.82, 2.24) is 10.3 Å². The lowest BCUT2D eigenvalue weighted by Crippen LogP contribution is -2.22. The van der Waals surface area contributed by atoms with E-state index in [0.29, 0.717) is 5.92 Å². The van der Waals surface area contributed by atoms with Crippen LogP contribution in [0.2, 0.25) is 0 Å². The Bertz CT molecular complexity index is 554. The minimum atomic E-state index is 0.478. The van der Waals surface area contributed by atoms with Gasteiger partial charge in [-0.3, -0.25) is 4.98 Å². The van der Waals surface area contributed by atoms with Crippen LogP contribution in [0.15, 0.2) is 47.2 Å². The summed E-state index contributed by atoms with van der Waals surface area (Å²) in [4.78, 5) is 4.26. The van der Waals surface area contributed by atoms with E-state index in [2.05, 4.69) is 70.4 Å². The molecule has 0 amide bonds. The minimum Gasteiger partial charge on any atom is -0.316 e. The summed E-state index contributed by atoms with van der Waals surface area (Å²) in [6, 6.07) is 11.0. The van der Waals surface area contributed by atoms with Gasteiger partial charge in [-0.15, -0.1) is 0 Å². The summed E-state index contributed by atoms with van der Waals surface area (Å²) in [5.41, 5.74) is 3.98. The fourth-order valence-electron chi connectivity index (χ4n) is 2.40. The van der Waals surface area contributed by atoms with Crippen molar-refractivity contribution in [3.63, 3.8) is 0 Å². The summed E-state index contributed by atoms with van der Waals surface area (Å²) in [5, 5.41) is 3.47. The van der Waals surface area contributed by atoms with E-state index in [-0.39, 0.29) is 0 Å². The van der Waals surface area contributed by atoms with Crippen molar-refractivity contribution < 1.29 is 0 Å². The van der Waals surface area contributed by atoms with Gasteiger partial charge in [-0.25, -0.2) is 0 Å². The van der Waals surface area contributed by atoms with E-state index in [1.807, 2.05) is 12.4 Å². The topological polar surface area (TPSA) is 24.9 Å². The van der Waals surface area contributed by atoms with Crippen molar-refractivity contribution in [1.29, 1.82) is 0 Å². The quantitative estimate of drug-likeness (QED) is 0.861. The summed E-state index contributed by atoms with van der Waals surface area (Å²) in [7, 11) is 0. The number of halogens is 1. The number of hydrogen-bond donors (Lipinski definition) is 1. The van der Waals surface area contributed by atoms with E-state index in [9.17, 15) is 0 Å². The van der Waals surface area contributed by atoms with E-state index in [1.54, 1.807) is 0 Å². The van der Waals surface area contributed by atoms with Crippen molar-refractivity contribution in [2.75, 3.05) is 13.1 Å². The van der Waals surface area contributed by atoms with Crippen LogP contribution in [0, 0.1) is 6.92 Å². The number of aryl methyl sites for hydroxylation is 1. The Morgan fingerprint density at radius 2 is 2.10 bits per heavy atom.